The number of aromatic nitrogens is 1. The van der Waals surface area contributed by atoms with Crippen molar-refractivity contribution in [1.29, 1.82) is 0 Å². The molecule has 0 atom stereocenters. The lowest BCUT2D eigenvalue weighted by atomic mass is 10.1. The Morgan fingerprint density at radius 2 is 1.96 bits per heavy atom. The first-order valence-electron chi connectivity index (χ1n) is 7.89. The third-order valence-corrected chi connectivity index (χ3v) is 5.01. The van der Waals surface area contributed by atoms with Crippen LogP contribution in [-0.2, 0) is 12.8 Å². The largest absolute Gasteiger partial charge is 0.398 e. The predicted molar refractivity (Wildman–Crippen MR) is 99.9 cm³/mol. The fourth-order valence-electron chi connectivity index (χ4n) is 3.27. The maximum atomic E-state index is 6.42. The number of pyridine rings is 1. The number of nitrogens with two attached hydrogens (primary N) is 1. The van der Waals surface area contributed by atoms with Crippen molar-refractivity contribution in [3.8, 4) is 0 Å². The molecule has 1 aliphatic heterocycles. The molecule has 116 valence electrons. The molecule has 0 amide bonds. The van der Waals surface area contributed by atoms with Crippen LogP contribution in [0, 0.1) is 0 Å². The van der Waals surface area contributed by atoms with Crippen LogP contribution < -0.4 is 10.6 Å². The maximum absolute atomic E-state index is 6.42. The highest BCUT2D eigenvalue weighted by Crippen LogP contribution is 2.36. The molecular formula is C19H18BrN3. The van der Waals surface area contributed by atoms with Gasteiger partial charge in [0.2, 0.25) is 0 Å². The van der Waals surface area contributed by atoms with Crippen molar-refractivity contribution in [1.82, 2.24) is 4.98 Å². The summed E-state index contributed by atoms with van der Waals surface area (Å²) >= 11 is 3.52. The number of hydrogen-bond acceptors (Lipinski definition) is 3. The molecule has 4 heteroatoms. The average Bonchev–Trinajstić information content (AvgIpc) is 2.98. The van der Waals surface area contributed by atoms with E-state index in [0.29, 0.717) is 0 Å². The van der Waals surface area contributed by atoms with Crippen molar-refractivity contribution in [3.05, 3.63) is 64.1 Å². The second-order valence-corrected chi connectivity index (χ2v) is 6.88. The monoisotopic (exact) mass is 367 g/mol. The van der Waals surface area contributed by atoms with Gasteiger partial charge in [-0.25, -0.2) is 4.98 Å². The Kier molecular flexibility index (Phi) is 3.69. The lowest BCUT2D eigenvalue weighted by Crippen LogP contribution is -2.24. The summed E-state index contributed by atoms with van der Waals surface area (Å²) in [5, 5.41) is 1.04. The summed E-state index contributed by atoms with van der Waals surface area (Å²) in [7, 11) is 0. The van der Waals surface area contributed by atoms with Crippen LogP contribution in [0.3, 0.4) is 0 Å². The van der Waals surface area contributed by atoms with Crippen LogP contribution in [-0.4, -0.2) is 18.1 Å². The Morgan fingerprint density at radius 1 is 1.13 bits per heavy atom. The number of halogens is 1. The Balaban J connectivity index is 1.66. The fourth-order valence-corrected chi connectivity index (χ4v) is 3.63. The van der Waals surface area contributed by atoms with E-state index in [2.05, 4.69) is 57.2 Å². The zero-order valence-electron chi connectivity index (χ0n) is 12.8. The molecule has 1 aromatic heterocycles. The molecule has 0 unspecified atom stereocenters. The molecule has 0 saturated carbocycles. The fraction of sp³-hybridized carbons (Fsp3) is 0.211. The standard InChI is InChI=1S/C19H18BrN3/c20-14-6-7-17-16(12-14)18(21)15-9-11-23(19(15)22-17)10-8-13-4-2-1-3-5-13/h1-7,12H,8-11H2,(H2,21,22). The lowest BCUT2D eigenvalue weighted by Gasteiger charge is -2.19. The Hall–Kier alpha value is -2.07. The van der Waals surface area contributed by atoms with Gasteiger partial charge in [0.05, 0.1) is 5.52 Å². The third-order valence-electron chi connectivity index (χ3n) is 4.51. The van der Waals surface area contributed by atoms with E-state index in [0.717, 1.165) is 52.8 Å². The van der Waals surface area contributed by atoms with Gasteiger partial charge in [-0.3, -0.25) is 0 Å². The predicted octanol–water partition coefficient (Wildman–Crippen LogP) is 4.18. The molecule has 0 bridgehead atoms. The molecule has 3 nitrogen and oxygen atoms in total. The molecule has 2 heterocycles. The number of anilines is 2. The van der Waals surface area contributed by atoms with Gasteiger partial charge in [-0.1, -0.05) is 46.3 Å². The molecule has 3 aromatic rings. The number of benzene rings is 2. The van der Waals surface area contributed by atoms with Gasteiger partial charge < -0.3 is 10.6 Å². The molecule has 0 fully saturated rings. The van der Waals surface area contributed by atoms with Crippen LogP contribution in [0.2, 0.25) is 0 Å². The van der Waals surface area contributed by atoms with Crippen molar-refractivity contribution in [3.63, 3.8) is 0 Å². The number of hydrogen-bond donors (Lipinski definition) is 1. The molecule has 4 rings (SSSR count). The second-order valence-electron chi connectivity index (χ2n) is 5.96. The van der Waals surface area contributed by atoms with Crippen molar-refractivity contribution in [2.75, 3.05) is 23.7 Å². The number of rotatable bonds is 3. The SMILES string of the molecule is Nc1c2c(nc3ccc(Br)cc13)N(CCc1ccccc1)CC2. The van der Waals surface area contributed by atoms with Gasteiger partial charge in [-0.2, -0.15) is 0 Å². The first kappa shape index (κ1) is 14.5. The summed E-state index contributed by atoms with van der Waals surface area (Å²) in [6, 6.07) is 16.7. The van der Waals surface area contributed by atoms with E-state index < -0.39 is 0 Å². The minimum Gasteiger partial charge on any atom is -0.398 e. The van der Waals surface area contributed by atoms with Crippen molar-refractivity contribution in [2.24, 2.45) is 0 Å². The number of nitrogen functional groups attached to an aromatic ring is 1. The van der Waals surface area contributed by atoms with E-state index in [1.165, 1.54) is 11.1 Å². The first-order valence-corrected chi connectivity index (χ1v) is 8.68. The zero-order valence-corrected chi connectivity index (χ0v) is 14.4. The third kappa shape index (κ3) is 2.68. The quantitative estimate of drug-likeness (QED) is 0.754. The molecule has 0 aliphatic carbocycles. The normalized spacial score (nSPS) is 13.5. The molecule has 23 heavy (non-hydrogen) atoms. The molecule has 2 N–H and O–H groups in total. The van der Waals surface area contributed by atoms with Crippen LogP contribution in [0.15, 0.2) is 53.0 Å². The van der Waals surface area contributed by atoms with Crippen LogP contribution >= 0.6 is 15.9 Å². The second kappa shape index (κ2) is 5.85. The van der Waals surface area contributed by atoms with E-state index >= 15 is 0 Å². The highest BCUT2D eigenvalue weighted by Gasteiger charge is 2.24. The molecule has 1 aliphatic rings. The van der Waals surface area contributed by atoms with Gasteiger partial charge in [0, 0.05) is 34.2 Å². The van der Waals surface area contributed by atoms with E-state index in [1.807, 2.05) is 12.1 Å². The van der Waals surface area contributed by atoms with E-state index in [-0.39, 0.29) is 0 Å². The van der Waals surface area contributed by atoms with Crippen LogP contribution in [0.5, 0.6) is 0 Å². The highest BCUT2D eigenvalue weighted by molar-refractivity contribution is 9.10. The van der Waals surface area contributed by atoms with E-state index in [4.69, 9.17) is 10.7 Å². The smallest absolute Gasteiger partial charge is 0.134 e. The van der Waals surface area contributed by atoms with Gasteiger partial charge in [0.25, 0.3) is 0 Å². The Labute approximate surface area is 144 Å². The highest BCUT2D eigenvalue weighted by atomic mass is 79.9. The molecule has 2 aromatic carbocycles. The zero-order chi connectivity index (χ0) is 15.8. The molecule has 0 saturated heterocycles. The number of nitrogens with zero attached hydrogens (tertiary/aromatic N) is 2. The summed E-state index contributed by atoms with van der Waals surface area (Å²) in [5.41, 5.74) is 10.8. The Morgan fingerprint density at radius 3 is 2.78 bits per heavy atom. The van der Waals surface area contributed by atoms with Gasteiger partial charge in [0.1, 0.15) is 5.82 Å². The van der Waals surface area contributed by atoms with Gasteiger partial charge in [-0.15, -0.1) is 0 Å². The minimum absolute atomic E-state index is 0.883. The first-order chi connectivity index (χ1) is 11.2. The lowest BCUT2D eigenvalue weighted by molar-refractivity contribution is 0.806. The summed E-state index contributed by atoms with van der Waals surface area (Å²) in [5.74, 6) is 1.06. The van der Waals surface area contributed by atoms with Crippen LogP contribution in [0.1, 0.15) is 11.1 Å². The summed E-state index contributed by atoms with van der Waals surface area (Å²) < 4.78 is 1.04. The van der Waals surface area contributed by atoms with Crippen molar-refractivity contribution < 1.29 is 0 Å². The van der Waals surface area contributed by atoms with Gasteiger partial charge in [-0.05, 0) is 36.6 Å². The van der Waals surface area contributed by atoms with Gasteiger partial charge in [0.15, 0.2) is 0 Å². The van der Waals surface area contributed by atoms with E-state index in [9.17, 15) is 0 Å². The van der Waals surface area contributed by atoms with Crippen LogP contribution in [0.4, 0.5) is 11.5 Å². The maximum Gasteiger partial charge on any atom is 0.134 e. The average molecular weight is 368 g/mol. The van der Waals surface area contributed by atoms with Gasteiger partial charge >= 0.3 is 0 Å². The van der Waals surface area contributed by atoms with Crippen molar-refractivity contribution in [2.45, 2.75) is 12.8 Å². The summed E-state index contributed by atoms with van der Waals surface area (Å²) in [6.07, 6.45) is 2.01. The van der Waals surface area contributed by atoms with Crippen molar-refractivity contribution >= 4 is 38.3 Å². The summed E-state index contributed by atoms with van der Waals surface area (Å²) in [4.78, 5) is 7.24. The molecular weight excluding hydrogens is 350 g/mol. The summed E-state index contributed by atoms with van der Waals surface area (Å²) in [6.45, 7) is 1.97. The Bertz CT molecular complexity index is 861. The topological polar surface area (TPSA) is 42.1 Å². The molecule has 0 radical (unpaired) electrons. The number of fused-ring (bicyclic) bond motifs is 2. The minimum atomic E-state index is 0.883. The van der Waals surface area contributed by atoms with E-state index in [1.54, 1.807) is 0 Å². The molecule has 0 spiro atoms. The van der Waals surface area contributed by atoms with Crippen LogP contribution in [0.25, 0.3) is 10.9 Å².